The van der Waals surface area contributed by atoms with Crippen LogP contribution in [0.4, 0.5) is 5.69 Å². The van der Waals surface area contributed by atoms with Gasteiger partial charge >= 0.3 is 0 Å². The lowest BCUT2D eigenvalue weighted by Crippen LogP contribution is -2.57. The van der Waals surface area contributed by atoms with Gasteiger partial charge < -0.3 is 9.64 Å². The maximum absolute atomic E-state index is 13.2. The van der Waals surface area contributed by atoms with Crippen LogP contribution in [0.15, 0.2) is 60.7 Å². The number of hydrogen-bond donors (Lipinski definition) is 0. The fraction of sp³-hybridized carbons (Fsp3) is 0.429. The molecule has 2 amide bonds. The number of rotatable bonds is 5. The summed E-state index contributed by atoms with van der Waals surface area (Å²) >= 11 is 0. The van der Waals surface area contributed by atoms with Gasteiger partial charge in [-0.15, -0.1) is 0 Å². The average Bonchev–Trinajstić information content (AvgIpc) is 3.13. The quantitative estimate of drug-likeness (QED) is 0.644. The van der Waals surface area contributed by atoms with E-state index in [0.717, 1.165) is 43.9 Å². The molecule has 34 heavy (non-hydrogen) atoms. The van der Waals surface area contributed by atoms with Gasteiger partial charge in [-0.25, -0.2) is 0 Å². The Morgan fingerprint density at radius 2 is 1.68 bits per heavy atom. The number of carbonyl (C=O) groups is 2. The minimum atomic E-state index is -0.198. The van der Waals surface area contributed by atoms with Gasteiger partial charge in [-0.2, -0.15) is 0 Å². The number of fused-ring (bicyclic) bond motifs is 4. The molecular weight excluding hydrogens is 426 g/mol. The standard InChI is InChI=1S/C28H31N3O3/c32-27-23-12-11-21(20-7-2-1-3-8-20)17-24(23)28(33)31(27)14-6-13-29-15-16-30-22(18-29)19-34-26-10-5-4-9-25(26)30/h1-5,7-11,22-24H,6,12-19H2. The molecule has 0 spiro atoms. The number of likely N-dealkylation sites (tertiary alicyclic amines) is 1. The first-order valence-electron chi connectivity index (χ1n) is 12.5. The summed E-state index contributed by atoms with van der Waals surface area (Å²) in [6.45, 7) is 5.04. The minimum absolute atomic E-state index is 0.0265. The van der Waals surface area contributed by atoms with Crippen LogP contribution in [0.3, 0.4) is 0 Å². The van der Waals surface area contributed by atoms with Crippen LogP contribution in [0.25, 0.3) is 5.57 Å². The highest BCUT2D eigenvalue weighted by molar-refractivity contribution is 6.06. The molecular formula is C28H31N3O3. The largest absolute Gasteiger partial charge is 0.489 e. The molecule has 0 aromatic heterocycles. The van der Waals surface area contributed by atoms with Gasteiger partial charge in [0.15, 0.2) is 0 Å². The van der Waals surface area contributed by atoms with E-state index in [9.17, 15) is 9.59 Å². The Bertz CT molecular complexity index is 1110. The second-order valence-electron chi connectivity index (χ2n) is 9.86. The van der Waals surface area contributed by atoms with E-state index >= 15 is 0 Å². The summed E-state index contributed by atoms with van der Waals surface area (Å²) in [7, 11) is 0. The van der Waals surface area contributed by atoms with Crippen molar-refractivity contribution in [2.75, 3.05) is 44.2 Å². The number of piperazine rings is 1. The average molecular weight is 458 g/mol. The van der Waals surface area contributed by atoms with Gasteiger partial charge in [0, 0.05) is 26.2 Å². The number of ether oxygens (including phenoxy) is 1. The first-order chi connectivity index (χ1) is 16.7. The van der Waals surface area contributed by atoms with Crippen molar-refractivity contribution in [2.45, 2.75) is 25.3 Å². The second-order valence-corrected chi connectivity index (χ2v) is 9.86. The Morgan fingerprint density at radius 3 is 2.56 bits per heavy atom. The van der Waals surface area contributed by atoms with Crippen molar-refractivity contribution in [3.63, 3.8) is 0 Å². The molecule has 3 heterocycles. The summed E-state index contributed by atoms with van der Waals surface area (Å²) in [4.78, 5) is 32.6. The van der Waals surface area contributed by atoms with Crippen molar-refractivity contribution in [1.29, 1.82) is 0 Å². The van der Waals surface area contributed by atoms with Crippen LogP contribution < -0.4 is 9.64 Å². The Labute approximate surface area is 200 Å². The van der Waals surface area contributed by atoms with Gasteiger partial charge in [0.2, 0.25) is 11.8 Å². The molecule has 0 saturated carbocycles. The zero-order chi connectivity index (χ0) is 23.1. The summed E-state index contributed by atoms with van der Waals surface area (Å²) < 4.78 is 5.98. The number of carbonyl (C=O) groups excluding carboxylic acids is 2. The molecule has 6 heteroatoms. The maximum Gasteiger partial charge on any atom is 0.233 e. The molecule has 2 saturated heterocycles. The molecule has 176 valence electrons. The third-order valence-corrected chi connectivity index (χ3v) is 7.88. The lowest BCUT2D eigenvalue weighted by molar-refractivity contribution is -0.140. The fourth-order valence-corrected chi connectivity index (χ4v) is 6.08. The van der Waals surface area contributed by atoms with Crippen LogP contribution >= 0.6 is 0 Å². The van der Waals surface area contributed by atoms with E-state index in [2.05, 4.69) is 40.1 Å². The third kappa shape index (κ3) is 3.80. The fourth-order valence-electron chi connectivity index (χ4n) is 6.08. The Morgan fingerprint density at radius 1 is 0.882 bits per heavy atom. The summed E-state index contributed by atoms with van der Waals surface area (Å²) in [6, 6.07) is 18.8. The molecule has 4 aliphatic rings. The molecule has 3 atom stereocenters. The van der Waals surface area contributed by atoms with Gasteiger partial charge in [-0.05, 0) is 49.1 Å². The van der Waals surface area contributed by atoms with Crippen molar-refractivity contribution in [3.05, 3.63) is 66.2 Å². The summed E-state index contributed by atoms with van der Waals surface area (Å²) in [5.41, 5.74) is 3.55. The van der Waals surface area contributed by atoms with E-state index in [1.807, 2.05) is 30.3 Å². The van der Waals surface area contributed by atoms with Crippen LogP contribution in [-0.2, 0) is 9.59 Å². The molecule has 0 bridgehead atoms. The normalized spacial score (nSPS) is 26.5. The third-order valence-electron chi connectivity index (χ3n) is 7.88. The Kier molecular flexibility index (Phi) is 5.61. The number of amides is 2. The second kappa shape index (κ2) is 8.91. The first kappa shape index (κ1) is 21.4. The zero-order valence-corrected chi connectivity index (χ0v) is 19.4. The topological polar surface area (TPSA) is 53.1 Å². The molecule has 1 aliphatic carbocycles. The van der Waals surface area contributed by atoms with E-state index in [-0.39, 0.29) is 23.7 Å². The van der Waals surface area contributed by atoms with E-state index in [1.54, 1.807) is 4.90 Å². The highest BCUT2D eigenvalue weighted by atomic mass is 16.5. The zero-order valence-electron chi connectivity index (χ0n) is 19.4. The molecule has 2 aromatic rings. The van der Waals surface area contributed by atoms with Crippen molar-refractivity contribution in [2.24, 2.45) is 11.8 Å². The molecule has 6 nitrogen and oxygen atoms in total. The van der Waals surface area contributed by atoms with Crippen LogP contribution in [0.1, 0.15) is 24.8 Å². The molecule has 0 radical (unpaired) electrons. The lowest BCUT2D eigenvalue weighted by Gasteiger charge is -2.45. The summed E-state index contributed by atoms with van der Waals surface area (Å²) in [5.74, 6) is 0.655. The van der Waals surface area contributed by atoms with Crippen molar-refractivity contribution >= 4 is 23.1 Å². The van der Waals surface area contributed by atoms with Crippen LogP contribution in [0, 0.1) is 11.8 Å². The van der Waals surface area contributed by atoms with Crippen molar-refractivity contribution < 1.29 is 14.3 Å². The van der Waals surface area contributed by atoms with Gasteiger partial charge in [0.25, 0.3) is 0 Å². The predicted octanol–water partition coefficient (Wildman–Crippen LogP) is 3.44. The van der Waals surface area contributed by atoms with Crippen LogP contribution in [-0.4, -0.2) is 67.0 Å². The van der Waals surface area contributed by atoms with E-state index < -0.39 is 0 Å². The number of para-hydroxylation sites is 2. The lowest BCUT2D eigenvalue weighted by atomic mass is 9.79. The minimum Gasteiger partial charge on any atom is -0.489 e. The predicted molar refractivity (Wildman–Crippen MR) is 131 cm³/mol. The van der Waals surface area contributed by atoms with Gasteiger partial charge in [0.05, 0.1) is 23.6 Å². The number of benzene rings is 2. The van der Waals surface area contributed by atoms with Crippen molar-refractivity contribution in [3.8, 4) is 5.75 Å². The Hall–Kier alpha value is -3.12. The molecule has 3 unspecified atom stereocenters. The number of anilines is 1. The van der Waals surface area contributed by atoms with Gasteiger partial charge in [0.1, 0.15) is 12.4 Å². The highest BCUT2D eigenvalue weighted by Gasteiger charge is 2.48. The van der Waals surface area contributed by atoms with E-state index in [4.69, 9.17) is 4.74 Å². The Balaban J connectivity index is 1.03. The molecule has 2 aromatic carbocycles. The first-order valence-corrected chi connectivity index (χ1v) is 12.5. The van der Waals surface area contributed by atoms with Gasteiger partial charge in [-0.3, -0.25) is 19.4 Å². The smallest absolute Gasteiger partial charge is 0.233 e. The summed E-state index contributed by atoms with van der Waals surface area (Å²) in [5, 5.41) is 0. The number of hydrogen-bond acceptors (Lipinski definition) is 5. The SMILES string of the molecule is O=C1C2CC=C(c3ccccc3)CC2C(=O)N1CCCN1CCN2c3ccccc3OCC2C1. The molecule has 2 fully saturated rings. The van der Waals surface area contributed by atoms with E-state index in [1.165, 1.54) is 11.3 Å². The van der Waals surface area contributed by atoms with Crippen molar-refractivity contribution in [1.82, 2.24) is 9.80 Å². The monoisotopic (exact) mass is 457 g/mol. The number of imide groups is 1. The molecule has 6 rings (SSSR count). The maximum atomic E-state index is 13.2. The molecule has 3 aliphatic heterocycles. The number of nitrogens with zero attached hydrogens (tertiary/aromatic N) is 3. The highest BCUT2D eigenvalue weighted by Crippen LogP contribution is 2.41. The van der Waals surface area contributed by atoms with Crippen LogP contribution in [0.5, 0.6) is 5.75 Å². The van der Waals surface area contributed by atoms with Crippen LogP contribution in [0.2, 0.25) is 0 Å². The van der Waals surface area contributed by atoms with E-state index in [0.29, 0.717) is 32.0 Å². The number of allylic oxidation sites excluding steroid dienone is 2. The summed E-state index contributed by atoms with van der Waals surface area (Å²) in [6.07, 6.45) is 4.32. The van der Waals surface area contributed by atoms with Gasteiger partial charge in [-0.1, -0.05) is 48.5 Å². The molecule has 0 N–H and O–H groups in total.